The first-order valence-electron chi connectivity index (χ1n) is 12.3. The largest absolute Gasteiger partial charge is 0.465 e. The summed E-state index contributed by atoms with van der Waals surface area (Å²) in [6.45, 7) is -3.42. The van der Waals surface area contributed by atoms with Gasteiger partial charge in [0.25, 0.3) is 5.56 Å². The van der Waals surface area contributed by atoms with E-state index in [0.717, 1.165) is 21.1 Å². The van der Waals surface area contributed by atoms with Crippen LogP contribution in [0.5, 0.6) is 0 Å². The van der Waals surface area contributed by atoms with Gasteiger partial charge in [-0.3, -0.25) is 9.69 Å². The van der Waals surface area contributed by atoms with Gasteiger partial charge < -0.3 is 15.2 Å². The van der Waals surface area contributed by atoms with Crippen molar-refractivity contribution in [1.82, 2.24) is 19.0 Å². The smallest absolute Gasteiger partial charge is 0.407 e. The number of amides is 1. The van der Waals surface area contributed by atoms with E-state index in [1.165, 1.54) is 11.1 Å². The van der Waals surface area contributed by atoms with Crippen LogP contribution >= 0.6 is 11.6 Å². The van der Waals surface area contributed by atoms with Gasteiger partial charge in [-0.05, 0) is 31.0 Å². The normalized spacial score (nSPS) is 18.7. The van der Waals surface area contributed by atoms with Gasteiger partial charge in [0.1, 0.15) is 10.8 Å². The third kappa shape index (κ3) is 6.35. The molecule has 2 aromatic rings. The van der Waals surface area contributed by atoms with Gasteiger partial charge in [0.2, 0.25) is 0 Å². The van der Waals surface area contributed by atoms with Gasteiger partial charge in [-0.15, -0.1) is 0 Å². The van der Waals surface area contributed by atoms with Crippen LogP contribution in [0.2, 0.25) is 5.02 Å². The van der Waals surface area contributed by atoms with E-state index in [0.29, 0.717) is 6.07 Å². The maximum absolute atomic E-state index is 14.5. The van der Waals surface area contributed by atoms with Crippen molar-refractivity contribution in [3.8, 4) is 6.07 Å². The fourth-order valence-corrected chi connectivity index (χ4v) is 6.38. The first-order chi connectivity index (χ1) is 19.4. The first kappa shape index (κ1) is 30.4. The van der Waals surface area contributed by atoms with Crippen LogP contribution < -0.4 is 15.2 Å². The summed E-state index contributed by atoms with van der Waals surface area (Å²) >= 11 is 6.27. The van der Waals surface area contributed by atoms with Crippen LogP contribution in [0.3, 0.4) is 0 Å². The molecule has 2 saturated heterocycles. The Balaban J connectivity index is 1.45. The van der Waals surface area contributed by atoms with Gasteiger partial charge in [-0.1, -0.05) is 11.6 Å². The fourth-order valence-electron chi connectivity index (χ4n) is 4.66. The molecule has 4 rings (SSSR count). The zero-order valence-electron chi connectivity index (χ0n) is 21.3. The van der Waals surface area contributed by atoms with Crippen molar-refractivity contribution < 1.29 is 36.2 Å². The Labute approximate surface area is 237 Å². The van der Waals surface area contributed by atoms with E-state index in [2.05, 4.69) is 10.4 Å². The minimum absolute atomic E-state index is 0.0230. The van der Waals surface area contributed by atoms with Crippen LogP contribution in [-0.2, 0) is 14.9 Å². The van der Waals surface area contributed by atoms with Gasteiger partial charge in [0.05, 0.1) is 54.5 Å². The highest BCUT2D eigenvalue weighted by Gasteiger charge is 2.39. The lowest BCUT2D eigenvalue weighted by atomic mass is 10.1. The summed E-state index contributed by atoms with van der Waals surface area (Å²) in [6.07, 6.45) is 0.227. The zero-order valence-corrected chi connectivity index (χ0v) is 22.9. The standard InChI is InChI=1S/C23H25ClF3N7O6S/c24-20-18(29-11-16-13-40-8-7-32(16)23(36)37)12-30-33(21(20)35)15-3-5-31(6-4-15)41(38,39)34(22(26)27)19-2-1-14(10-28)9-17(19)25/h1-2,9,12,15-16,22,29H,3-8,11,13H2,(H,36,37)/t16-/m0/s1. The van der Waals surface area contributed by atoms with Crippen LogP contribution in [-0.4, -0.2) is 90.6 Å². The molecular weight excluding hydrogens is 595 g/mol. The number of morpholine rings is 1. The average Bonchev–Trinajstić information content (AvgIpc) is 2.94. The Morgan fingerprint density at radius 3 is 2.63 bits per heavy atom. The molecule has 2 N–H and O–H groups in total. The molecular formula is C23H25ClF3N7O6S. The highest BCUT2D eigenvalue weighted by molar-refractivity contribution is 7.90. The number of hydrogen-bond acceptors (Lipinski definition) is 8. The Bertz CT molecular complexity index is 1500. The van der Waals surface area contributed by atoms with Crippen LogP contribution in [0.15, 0.2) is 29.2 Å². The molecule has 2 aliphatic heterocycles. The monoisotopic (exact) mass is 619 g/mol. The predicted molar refractivity (Wildman–Crippen MR) is 140 cm³/mol. The van der Waals surface area contributed by atoms with Crippen molar-refractivity contribution in [2.45, 2.75) is 31.5 Å². The van der Waals surface area contributed by atoms with Crippen molar-refractivity contribution >= 4 is 39.3 Å². The molecule has 41 heavy (non-hydrogen) atoms. The molecule has 0 bridgehead atoms. The van der Waals surface area contributed by atoms with E-state index in [-0.39, 0.29) is 72.8 Å². The number of rotatable bonds is 8. The molecule has 222 valence electrons. The molecule has 1 aromatic carbocycles. The van der Waals surface area contributed by atoms with Crippen LogP contribution in [0.4, 0.5) is 29.3 Å². The second-order valence-corrected chi connectivity index (χ2v) is 11.4. The number of piperidine rings is 1. The molecule has 13 nitrogen and oxygen atoms in total. The number of nitriles is 1. The molecule has 0 radical (unpaired) electrons. The lowest BCUT2D eigenvalue weighted by molar-refractivity contribution is 0.00445. The zero-order chi connectivity index (χ0) is 29.9. The van der Waals surface area contributed by atoms with Crippen LogP contribution in [0, 0.1) is 17.1 Å². The van der Waals surface area contributed by atoms with Gasteiger partial charge in [0, 0.05) is 26.2 Å². The lowest BCUT2D eigenvalue weighted by Gasteiger charge is -2.35. The van der Waals surface area contributed by atoms with Gasteiger partial charge in [-0.25, -0.2) is 13.9 Å². The maximum atomic E-state index is 14.5. The number of alkyl halides is 2. The van der Waals surface area contributed by atoms with Crippen LogP contribution in [0.1, 0.15) is 24.4 Å². The van der Waals surface area contributed by atoms with E-state index < -0.39 is 52.0 Å². The van der Waals surface area contributed by atoms with Gasteiger partial charge in [0.15, 0.2) is 0 Å². The summed E-state index contributed by atoms with van der Waals surface area (Å²) in [5.41, 5.74) is -1.58. The minimum Gasteiger partial charge on any atom is -0.465 e. The molecule has 0 unspecified atom stereocenters. The fraction of sp³-hybridized carbons (Fsp3) is 0.478. The van der Waals surface area contributed by atoms with E-state index >= 15 is 0 Å². The number of carbonyl (C=O) groups is 1. The topological polar surface area (TPSA) is 161 Å². The minimum atomic E-state index is -4.88. The summed E-state index contributed by atoms with van der Waals surface area (Å²) in [6, 6.07) is 3.01. The quantitative estimate of drug-likeness (QED) is 0.422. The molecule has 1 amide bonds. The summed E-state index contributed by atoms with van der Waals surface area (Å²) in [5.74, 6) is -1.30. The Morgan fingerprint density at radius 2 is 2.02 bits per heavy atom. The molecule has 3 heterocycles. The van der Waals surface area contributed by atoms with E-state index in [9.17, 15) is 36.3 Å². The molecule has 1 aromatic heterocycles. The van der Waals surface area contributed by atoms with Crippen molar-refractivity contribution in [2.24, 2.45) is 0 Å². The molecule has 18 heteroatoms. The molecule has 2 fully saturated rings. The Kier molecular flexibility index (Phi) is 9.27. The van der Waals surface area contributed by atoms with Gasteiger partial charge in [-0.2, -0.15) is 36.2 Å². The second kappa shape index (κ2) is 12.5. The number of ether oxygens (including phenoxy) is 1. The number of nitrogens with one attached hydrogen (secondary N) is 1. The number of hydrogen-bond donors (Lipinski definition) is 2. The third-order valence-corrected chi connectivity index (χ3v) is 9.02. The molecule has 0 saturated carbocycles. The van der Waals surface area contributed by atoms with Crippen molar-refractivity contribution in [3.63, 3.8) is 0 Å². The van der Waals surface area contributed by atoms with E-state index in [4.69, 9.17) is 21.6 Å². The van der Waals surface area contributed by atoms with E-state index in [1.807, 2.05) is 0 Å². The number of halogens is 4. The number of benzene rings is 1. The summed E-state index contributed by atoms with van der Waals surface area (Å²) in [7, 11) is -4.88. The van der Waals surface area contributed by atoms with E-state index in [1.54, 1.807) is 6.07 Å². The maximum Gasteiger partial charge on any atom is 0.407 e. The average molecular weight is 620 g/mol. The lowest BCUT2D eigenvalue weighted by Crippen LogP contribution is -2.51. The second-order valence-electron chi connectivity index (χ2n) is 9.20. The number of anilines is 2. The van der Waals surface area contributed by atoms with Crippen molar-refractivity contribution in [3.05, 3.63) is 51.2 Å². The number of nitrogens with zero attached hydrogens (tertiary/aromatic N) is 6. The Morgan fingerprint density at radius 1 is 1.32 bits per heavy atom. The van der Waals surface area contributed by atoms with Gasteiger partial charge >= 0.3 is 22.9 Å². The highest BCUT2D eigenvalue weighted by atomic mass is 35.5. The van der Waals surface area contributed by atoms with Crippen molar-refractivity contribution in [1.29, 1.82) is 5.26 Å². The Hall–Kier alpha value is -3.59. The summed E-state index contributed by atoms with van der Waals surface area (Å²) < 4.78 is 75.2. The number of carboxylic acid groups (broad SMARTS) is 1. The number of aromatic nitrogens is 2. The SMILES string of the molecule is N#Cc1ccc(N(C(F)F)S(=O)(=O)N2CCC(n3ncc(NC[C@H]4COCCN4C(=O)O)c(Cl)c3=O)CC2)c(F)c1. The van der Waals surface area contributed by atoms with Crippen LogP contribution in [0.25, 0.3) is 0 Å². The van der Waals surface area contributed by atoms with Crippen molar-refractivity contribution in [2.75, 3.05) is 49.0 Å². The summed E-state index contributed by atoms with van der Waals surface area (Å²) in [4.78, 5) is 25.6. The predicted octanol–water partition coefficient (Wildman–Crippen LogP) is 2.31. The highest BCUT2D eigenvalue weighted by Crippen LogP contribution is 2.31. The summed E-state index contributed by atoms with van der Waals surface area (Å²) in [5, 5.41) is 25.0. The molecule has 1 atom stereocenters. The molecule has 0 aliphatic carbocycles. The first-order valence-corrected chi connectivity index (χ1v) is 14.1. The molecule has 0 spiro atoms. The molecule has 2 aliphatic rings. The third-order valence-electron chi connectivity index (χ3n) is 6.78.